The molecule has 0 spiro atoms. The average Bonchev–Trinajstić information content (AvgIpc) is 2.35. The summed E-state index contributed by atoms with van der Waals surface area (Å²) in [6.07, 6.45) is 2.34. The van der Waals surface area contributed by atoms with Gasteiger partial charge in [0.15, 0.2) is 0 Å². The topological polar surface area (TPSA) is 51.8 Å². The number of fused-ring (bicyclic) bond motifs is 1. The minimum atomic E-state index is -0.162. The lowest BCUT2D eigenvalue weighted by Gasteiger charge is -2.07. The van der Waals surface area contributed by atoms with Crippen molar-refractivity contribution in [3.8, 4) is 11.8 Å². The SMILES string of the molecule is CC#CCC(N)c1cnc2ccccc2n1. The first kappa shape index (κ1) is 10.6. The highest BCUT2D eigenvalue weighted by Crippen LogP contribution is 2.14. The van der Waals surface area contributed by atoms with Gasteiger partial charge in [0.05, 0.1) is 29.0 Å². The fraction of sp³-hybridized carbons (Fsp3) is 0.231. The largest absolute Gasteiger partial charge is 0.322 e. The second-order valence-electron chi connectivity index (χ2n) is 3.52. The minimum Gasteiger partial charge on any atom is -0.322 e. The lowest BCUT2D eigenvalue weighted by Crippen LogP contribution is -2.11. The molecule has 1 unspecified atom stereocenters. The van der Waals surface area contributed by atoms with Crippen LogP contribution in [0.4, 0.5) is 0 Å². The van der Waals surface area contributed by atoms with E-state index >= 15 is 0 Å². The average molecular weight is 211 g/mol. The number of para-hydroxylation sites is 2. The lowest BCUT2D eigenvalue weighted by atomic mass is 10.1. The van der Waals surface area contributed by atoms with Crippen molar-refractivity contribution in [3.05, 3.63) is 36.2 Å². The molecule has 0 saturated heterocycles. The van der Waals surface area contributed by atoms with Crippen LogP contribution in [0.15, 0.2) is 30.5 Å². The van der Waals surface area contributed by atoms with Gasteiger partial charge >= 0.3 is 0 Å². The Morgan fingerprint density at radius 2 is 2.06 bits per heavy atom. The Balaban J connectivity index is 2.34. The third kappa shape index (κ3) is 2.18. The Morgan fingerprint density at radius 3 is 2.81 bits per heavy atom. The molecule has 0 aliphatic rings. The second kappa shape index (κ2) is 4.73. The molecule has 80 valence electrons. The summed E-state index contributed by atoms with van der Waals surface area (Å²) in [6, 6.07) is 7.59. The summed E-state index contributed by atoms with van der Waals surface area (Å²) in [4.78, 5) is 8.79. The molecule has 1 heterocycles. The molecule has 1 atom stereocenters. The monoisotopic (exact) mass is 211 g/mol. The number of rotatable bonds is 2. The first-order valence-corrected chi connectivity index (χ1v) is 5.18. The van der Waals surface area contributed by atoms with Gasteiger partial charge in [0.25, 0.3) is 0 Å². The summed E-state index contributed by atoms with van der Waals surface area (Å²) in [5.41, 5.74) is 8.52. The molecule has 2 N–H and O–H groups in total. The zero-order valence-corrected chi connectivity index (χ0v) is 9.14. The van der Waals surface area contributed by atoms with E-state index < -0.39 is 0 Å². The molecule has 0 saturated carbocycles. The quantitative estimate of drug-likeness (QED) is 0.773. The van der Waals surface area contributed by atoms with Crippen molar-refractivity contribution in [2.75, 3.05) is 0 Å². The van der Waals surface area contributed by atoms with Crippen LogP contribution >= 0.6 is 0 Å². The van der Waals surface area contributed by atoms with Crippen molar-refractivity contribution in [2.24, 2.45) is 5.73 Å². The first-order valence-electron chi connectivity index (χ1n) is 5.18. The van der Waals surface area contributed by atoms with Gasteiger partial charge in [-0.3, -0.25) is 4.98 Å². The Morgan fingerprint density at radius 1 is 1.31 bits per heavy atom. The maximum absolute atomic E-state index is 5.97. The van der Waals surface area contributed by atoms with Gasteiger partial charge in [0.1, 0.15) is 0 Å². The van der Waals surface area contributed by atoms with Crippen LogP contribution in [-0.4, -0.2) is 9.97 Å². The third-order valence-electron chi connectivity index (χ3n) is 2.35. The van der Waals surface area contributed by atoms with E-state index in [2.05, 4.69) is 21.8 Å². The molecule has 3 heteroatoms. The summed E-state index contributed by atoms with van der Waals surface area (Å²) < 4.78 is 0. The summed E-state index contributed by atoms with van der Waals surface area (Å²) >= 11 is 0. The van der Waals surface area contributed by atoms with E-state index in [1.165, 1.54) is 0 Å². The molecule has 0 bridgehead atoms. The van der Waals surface area contributed by atoms with Crippen molar-refractivity contribution in [3.63, 3.8) is 0 Å². The van der Waals surface area contributed by atoms with E-state index in [4.69, 9.17) is 5.73 Å². The van der Waals surface area contributed by atoms with Crippen molar-refractivity contribution >= 4 is 11.0 Å². The van der Waals surface area contributed by atoms with Gasteiger partial charge in [-0.05, 0) is 19.1 Å². The highest BCUT2D eigenvalue weighted by Gasteiger charge is 2.07. The van der Waals surface area contributed by atoms with Gasteiger partial charge in [-0.2, -0.15) is 0 Å². The number of aromatic nitrogens is 2. The van der Waals surface area contributed by atoms with Gasteiger partial charge in [0.2, 0.25) is 0 Å². The number of nitrogens with zero attached hydrogens (tertiary/aromatic N) is 2. The van der Waals surface area contributed by atoms with E-state index in [0.29, 0.717) is 6.42 Å². The summed E-state index contributed by atoms with van der Waals surface area (Å²) in [6.45, 7) is 1.80. The minimum absolute atomic E-state index is 0.162. The fourth-order valence-corrected chi connectivity index (χ4v) is 1.47. The molecule has 0 aliphatic carbocycles. The lowest BCUT2D eigenvalue weighted by molar-refractivity contribution is 0.724. The van der Waals surface area contributed by atoms with Gasteiger partial charge < -0.3 is 5.73 Å². The summed E-state index contributed by atoms with van der Waals surface area (Å²) in [5.74, 6) is 5.78. The summed E-state index contributed by atoms with van der Waals surface area (Å²) in [5, 5.41) is 0. The van der Waals surface area contributed by atoms with E-state index in [9.17, 15) is 0 Å². The molecular weight excluding hydrogens is 198 g/mol. The Bertz CT molecular complexity index is 552. The van der Waals surface area contributed by atoms with E-state index in [1.54, 1.807) is 13.1 Å². The van der Waals surface area contributed by atoms with Crippen LogP contribution in [0.3, 0.4) is 0 Å². The van der Waals surface area contributed by atoms with Gasteiger partial charge in [-0.25, -0.2) is 4.98 Å². The van der Waals surface area contributed by atoms with E-state index in [-0.39, 0.29) is 6.04 Å². The first-order chi connectivity index (χ1) is 7.81. The number of nitrogens with two attached hydrogens (primary N) is 1. The van der Waals surface area contributed by atoms with Gasteiger partial charge in [-0.1, -0.05) is 12.1 Å². The molecule has 16 heavy (non-hydrogen) atoms. The Hall–Kier alpha value is -1.92. The van der Waals surface area contributed by atoms with Crippen LogP contribution in [0.2, 0.25) is 0 Å². The molecule has 0 fully saturated rings. The standard InChI is InChI=1S/C13H13N3/c1-2-3-6-10(14)13-9-15-11-7-4-5-8-12(11)16-13/h4-5,7-10H,6,14H2,1H3. The van der Waals surface area contributed by atoms with Crippen molar-refractivity contribution in [1.29, 1.82) is 0 Å². The molecule has 3 nitrogen and oxygen atoms in total. The van der Waals surface area contributed by atoms with Crippen LogP contribution in [0.1, 0.15) is 25.1 Å². The number of hydrogen-bond acceptors (Lipinski definition) is 3. The van der Waals surface area contributed by atoms with Crippen molar-refractivity contribution in [1.82, 2.24) is 9.97 Å². The van der Waals surface area contributed by atoms with Crippen LogP contribution in [0.25, 0.3) is 11.0 Å². The molecule has 0 aliphatic heterocycles. The molecule has 2 aromatic rings. The van der Waals surface area contributed by atoms with E-state index in [0.717, 1.165) is 16.7 Å². The second-order valence-corrected chi connectivity index (χ2v) is 3.52. The number of hydrogen-bond donors (Lipinski definition) is 1. The van der Waals surface area contributed by atoms with Crippen molar-refractivity contribution in [2.45, 2.75) is 19.4 Å². The smallest absolute Gasteiger partial charge is 0.0890 e. The molecular formula is C13H13N3. The highest BCUT2D eigenvalue weighted by molar-refractivity contribution is 5.73. The third-order valence-corrected chi connectivity index (χ3v) is 2.35. The molecule has 1 aromatic carbocycles. The summed E-state index contributed by atoms with van der Waals surface area (Å²) in [7, 11) is 0. The van der Waals surface area contributed by atoms with Crippen LogP contribution in [0, 0.1) is 11.8 Å². The van der Waals surface area contributed by atoms with E-state index in [1.807, 2.05) is 24.3 Å². The fourth-order valence-electron chi connectivity index (χ4n) is 1.47. The highest BCUT2D eigenvalue weighted by atomic mass is 14.8. The van der Waals surface area contributed by atoms with Gasteiger partial charge in [-0.15, -0.1) is 11.8 Å². The predicted molar refractivity (Wildman–Crippen MR) is 64.5 cm³/mol. The Labute approximate surface area is 94.7 Å². The molecule has 2 rings (SSSR count). The number of benzene rings is 1. The predicted octanol–water partition coefficient (Wildman–Crippen LogP) is 2.04. The van der Waals surface area contributed by atoms with Crippen LogP contribution in [0.5, 0.6) is 0 Å². The normalized spacial score (nSPS) is 11.9. The van der Waals surface area contributed by atoms with Gasteiger partial charge in [0, 0.05) is 6.42 Å². The van der Waals surface area contributed by atoms with Crippen LogP contribution < -0.4 is 5.73 Å². The maximum atomic E-state index is 5.97. The zero-order valence-electron chi connectivity index (χ0n) is 9.14. The Kier molecular flexibility index (Phi) is 3.13. The molecule has 0 radical (unpaired) electrons. The maximum Gasteiger partial charge on any atom is 0.0890 e. The van der Waals surface area contributed by atoms with Crippen molar-refractivity contribution < 1.29 is 0 Å². The van der Waals surface area contributed by atoms with Crippen LogP contribution in [-0.2, 0) is 0 Å². The zero-order chi connectivity index (χ0) is 11.4. The molecule has 1 aromatic heterocycles. The molecule has 0 amide bonds.